The number of nitrogens with zero attached hydrogens (tertiary/aromatic N) is 1. The number of carbonyl (C=O) groups excluding carboxylic acids is 2. The van der Waals surface area contributed by atoms with Crippen LogP contribution in [0.5, 0.6) is 0 Å². The highest BCUT2D eigenvalue weighted by Gasteiger charge is 2.30. The van der Waals surface area contributed by atoms with Gasteiger partial charge in [-0.1, -0.05) is 294 Å². The number of phosphoric acid groups is 1. The molecule has 0 aromatic heterocycles. The molecule has 0 aliphatic rings. The SMILES string of the molecule is CCCCC/C=C\C/C=C\CCCCCCCCCCCCCCCCCC(=O)NC(COP(=O)(O)OCC[N+](C)(C)C)C(/C=C\CCCCCCCCCCCC)OC(=O)CCCCCCCCCCC/C=C/CCCCCCCC. The fourth-order valence-electron chi connectivity index (χ4n) is 10.5. The Hall–Kier alpha value is -2.03. The number of allylic oxidation sites excluding steroid dienone is 7. The Kier molecular flexibility index (Phi) is 60.5. The first-order valence-electron chi connectivity index (χ1n) is 35.5. The summed E-state index contributed by atoms with van der Waals surface area (Å²) in [6.07, 6.45) is 78.3. The Morgan fingerprint density at radius 1 is 0.427 bits per heavy atom. The first-order chi connectivity index (χ1) is 39.9. The lowest BCUT2D eigenvalue weighted by Gasteiger charge is -2.27. The van der Waals surface area contributed by atoms with Gasteiger partial charge in [-0.25, -0.2) is 4.57 Å². The molecule has 0 rings (SSSR count). The van der Waals surface area contributed by atoms with E-state index in [9.17, 15) is 19.0 Å². The summed E-state index contributed by atoms with van der Waals surface area (Å²) in [5, 5.41) is 3.07. The predicted octanol–water partition coefficient (Wildman–Crippen LogP) is 22.4. The topological polar surface area (TPSA) is 111 Å². The Bertz CT molecular complexity index is 1540. The van der Waals surface area contributed by atoms with Gasteiger partial charge >= 0.3 is 13.8 Å². The molecule has 0 aromatic carbocycles. The molecule has 0 aliphatic heterocycles. The molecule has 3 atom stereocenters. The molecule has 0 aliphatic carbocycles. The second-order valence-electron chi connectivity index (χ2n) is 25.4. The lowest BCUT2D eigenvalue weighted by Crippen LogP contribution is -2.47. The minimum absolute atomic E-state index is 0.0414. The molecule has 3 unspecified atom stereocenters. The highest BCUT2D eigenvalue weighted by Crippen LogP contribution is 2.43. The molecular weight excluding hydrogens is 1040 g/mol. The Labute approximate surface area is 509 Å². The maximum Gasteiger partial charge on any atom is 0.472 e. The second-order valence-corrected chi connectivity index (χ2v) is 26.9. The number of nitrogens with one attached hydrogen (secondary N) is 1. The molecule has 9 nitrogen and oxygen atoms in total. The third kappa shape index (κ3) is 62.5. The molecule has 82 heavy (non-hydrogen) atoms. The lowest BCUT2D eigenvalue weighted by molar-refractivity contribution is -0.870. The van der Waals surface area contributed by atoms with Crippen molar-refractivity contribution in [3.05, 3.63) is 48.6 Å². The summed E-state index contributed by atoms with van der Waals surface area (Å²) in [6.45, 7) is 7.03. The minimum Gasteiger partial charge on any atom is -0.456 e. The van der Waals surface area contributed by atoms with Gasteiger partial charge in [0.1, 0.15) is 19.3 Å². The van der Waals surface area contributed by atoms with Gasteiger partial charge < -0.3 is 19.4 Å². The highest BCUT2D eigenvalue weighted by molar-refractivity contribution is 7.47. The summed E-state index contributed by atoms with van der Waals surface area (Å²) in [6, 6.07) is -0.848. The molecule has 0 bridgehead atoms. The highest BCUT2D eigenvalue weighted by atomic mass is 31.2. The number of phosphoric ester groups is 1. The smallest absolute Gasteiger partial charge is 0.456 e. The van der Waals surface area contributed by atoms with Crippen molar-refractivity contribution in [2.45, 2.75) is 360 Å². The average Bonchev–Trinajstić information content (AvgIpc) is 3.44. The number of rotatable bonds is 65. The summed E-state index contributed by atoms with van der Waals surface area (Å²) in [7, 11) is 1.51. The number of carbonyl (C=O) groups is 2. The van der Waals surface area contributed by atoms with E-state index in [0.717, 1.165) is 64.2 Å². The zero-order chi connectivity index (χ0) is 60.0. The van der Waals surface area contributed by atoms with Crippen molar-refractivity contribution in [1.29, 1.82) is 0 Å². The van der Waals surface area contributed by atoms with Crippen LogP contribution in [0.15, 0.2) is 48.6 Å². The summed E-state index contributed by atoms with van der Waals surface area (Å²) < 4.78 is 30.8. The molecule has 0 heterocycles. The van der Waals surface area contributed by atoms with Crippen LogP contribution in [0.2, 0.25) is 0 Å². The van der Waals surface area contributed by atoms with Crippen LogP contribution in [0, 0.1) is 0 Å². The van der Waals surface area contributed by atoms with Crippen LogP contribution in [0.1, 0.15) is 348 Å². The van der Waals surface area contributed by atoms with Gasteiger partial charge in [-0.15, -0.1) is 0 Å². The number of quaternary nitrogens is 1. The first kappa shape index (κ1) is 80.0. The molecular formula is C72H138N2O7P+. The number of amides is 1. The number of hydrogen-bond acceptors (Lipinski definition) is 6. The number of ether oxygens (including phenoxy) is 1. The molecule has 10 heteroatoms. The van der Waals surface area contributed by atoms with Crippen molar-refractivity contribution < 1.29 is 37.3 Å². The van der Waals surface area contributed by atoms with Crippen LogP contribution in [-0.4, -0.2) is 74.3 Å². The normalized spacial score (nSPS) is 13.8. The van der Waals surface area contributed by atoms with E-state index in [1.165, 1.54) is 250 Å². The van der Waals surface area contributed by atoms with Crippen LogP contribution >= 0.6 is 7.82 Å². The van der Waals surface area contributed by atoms with Crippen molar-refractivity contribution in [3.8, 4) is 0 Å². The van der Waals surface area contributed by atoms with Gasteiger partial charge in [-0.2, -0.15) is 0 Å². The number of hydrogen-bond donors (Lipinski definition) is 2. The molecule has 0 spiro atoms. The van der Waals surface area contributed by atoms with Crippen LogP contribution in [0.3, 0.4) is 0 Å². The first-order valence-corrected chi connectivity index (χ1v) is 37.0. The van der Waals surface area contributed by atoms with Gasteiger partial charge in [0.05, 0.1) is 33.8 Å². The third-order valence-corrected chi connectivity index (χ3v) is 17.0. The number of likely N-dealkylation sites (N-methyl/N-ethyl adjacent to an activating group) is 1. The van der Waals surface area contributed by atoms with E-state index in [0.29, 0.717) is 23.9 Å². The fourth-order valence-corrected chi connectivity index (χ4v) is 11.2. The molecule has 1 amide bonds. The van der Waals surface area contributed by atoms with E-state index in [2.05, 4.69) is 62.5 Å². The molecule has 482 valence electrons. The zero-order valence-electron chi connectivity index (χ0n) is 55.2. The molecule has 0 aromatic rings. The summed E-state index contributed by atoms with van der Waals surface area (Å²) in [4.78, 5) is 37.9. The van der Waals surface area contributed by atoms with Crippen molar-refractivity contribution in [1.82, 2.24) is 5.32 Å². The second kappa shape index (κ2) is 62.0. The van der Waals surface area contributed by atoms with Crippen LogP contribution in [0.25, 0.3) is 0 Å². The van der Waals surface area contributed by atoms with Crippen LogP contribution in [-0.2, 0) is 27.9 Å². The standard InChI is InChI=1S/C72H137N2O7P/c1-7-10-13-16-19-22-25-28-30-32-34-35-36-37-38-39-41-42-44-46-49-52-55-58-61-64-71(75)73-69(68-80-82(77,78)79-67-66-74(4,5)6)70(63-60-57-54-51-48-27-24-21-18-15-12-9-3)81-72(76)65-62-59-56-53-50-47-45-43-40-33-31-29-26-23-20-17-14-11-8-2/h19,22,28-31,60,63,69-70H,7-18,20-21,23-27,32-59,61-62,64-68H2,1-6H3,(H-,73,75,77,78)/p+1/b22-19-,30-28-,31-29+,63-60-. The third-order valence-electron chi connectivity index (χ3n) is 16.0. The molecule has 0 saturated heterocycles. The van der Waals surface area contributed by atoms with E-state index < -0.39 is 20.0 Å². The van der Waals surface area contributed by atoms with E-state index in [1.807, 2.05) is 33.3 Å². The van der Waals surface area contributed by atoms with Gasteiger partial charge in [0.2, 0.25) is 5.91 Å². The van der Waals surface area contributed by atoms with Crippen LogP contribution in [0.4, 0.5) is 0 Å². The minimum atomic E-state index is -4.45. The Balaban J connectivity index is 5.04. The van der Waals surface area contributed by atoms with Gasteiger partial charge in [-0.05, 0) is 89.5 Å². The Morgan fingerprint density at radius 2 is 0.744 bits per heavy atom. The van der Waals surface area contributed by atoms with Gasteiger partial charge in [0, 0.05) is 12.8 Å². The molecule has 0 fully saturated rings. The Morgan fingerprint density at radius 3 is 1.13 bits per heavy atom. The van der Waals surface area contributed by atoms with E-state index >= 15 is 0 Å². The van der Waals surface area contributed by atoms with Crippen molar-refractivity contribution >= 4 is 19.7 Å². The summed E-state index contributed by atoms with van der Waals surface area (Å²) in [5.74, 6) is -0.492. The number of esters is 1. The van der Waals surface area contributed by atoms with Crippen LogP contribution < -0.4 is 5.32 Å². The van der Waals surface area contributed by atoms with Crippen molar-refractivity contribution in [3.63, 3.8) is 0 Å². The van der Waals surface area contributed by atoms with E-state index in [-0.39, 0.29) is 25.1 Å². The largest absolute Gasteiger partial charge is 0.472 e. The maximum atomic E-state index is 13.6. The van der Waals surface area contributed by atoms with Crippen molar-refractivity contribution in [2.24, 2.45) is 0 Å². The van der Waals surface area contributed by atoms with Gasteiger partial charge in [-0.3, -0.25) is 18.6 Å². The predicted molar refractivity (Wildman–Crippen MR) is 355 cm³/mol. The average molecular weight is 1170 g/mol. The quantitative estimate of drug-likeness (QED) is 0.0205. The zero-order valence-corrected chi connectivity index (χ0v) is 56.1. The summed E-state index contributed by atoms with van der Waals surface area (Å²) in [5.41, 5.74) is 0. The van der Waals surface area contributed by atoms with Gasteiger partial charge in [0.15, 0.2) is 0 Å². The van der Waals surface area contributed by atoms with Gasteiger partial charge in [0.25, 0.3) is 0 Å². The molecule has 0 saturated carbocycles. The monoisotopic (exact) mass is 1170 g/mol. The van der Waals surface area contributed by atoms with Crippen molar-refractivity contribution in [2.75, 3.05) is 40.9 Å². The lowest BCUT2D eigenvalue weighted by atomic mass is 10.0. The van der Waals surface area contributed by atoms with E-state index in [4.69, 9.17) is 13.8 Å². The van der Waals surface area contributed by atoms with E-state index in [1.54, 1.807) is 0 Å². The fraction of sp³-hybridized carbons (Fsp3) is 0.861. The molecule has 2 N–H and O–H groups in total. The molecule has 0 radical (unpaired) electrons. The number of unbranched alkanes of at least 4 members (excludes halogenated alkanes) is 43. The maximum absolute atomic E-state index is 13.6. The summed E-state index contributed by atoms with van der Waals surface area (Å²) >= 11 is 0.